The lowest BCUT2D eigenvalue weighted by atomic mass is 10.1. The molecule has 70 valence electrons. The van der Waals surface area contributed by atoms with Crippen LogP contribution in [-0.2, 0) is 0 Å². The van der Waals surface area contributed by atoms with Crippen molar-refractivity contribution in [3.05, 3.63) is 12.7 Å². The summed E-state index contributed by atoms with van der Waals surface area (Å²) < 4.78 is 0. The van der Waals surface area contributed by atoms with E-state index in [9.17, 15) is 0 Å². The van der Waals surface area contributed by atoms with Crippen molar-refractivity contribution in [2.24, 2.45) is 0 Å². The van der Waals surface area contributed by atoms with Crippen LogP contribution in [0.5, 0.6) is 0 Å². The first-order chi connectivity index (χ1) is 5.88. The molecule has 0 saturated carbocycles. The molecule has 0 radical (unpaired) electrons. The van der Waals surface area contributed by atoms with E-state index in [0.717, 1.165) is 25.6 Å². The maximum Gasteiger partial charge on any atom is 0.0128 e. The molecule has 0 amide bonds. The minimum Gasteiger partial charge on any atom is -0.314 e. The highest BCUT2D eigenvalue weighted by Gasteiger charge is 2.16. The molecule has 0 aliphatic carbocycles. The Hall–Kier alpha value is -0.340. The van der Waals surface area contributed by atoms with Gasteiger partial charge in [0.05, 0.1) is 0 Å². The molecule has 1 aliphatic rings. The van der Waals surface area contributed by atoms with Crippen LogP contribution in [0.2, 0.25) is 0 Å². The van der Waals surface area contributed by atoms with Gasteiger partial charge in [-0.25, -0.2) is 0 Å². The number of hydrogen-bond acceptors (Lipinski definition) is 2. The molecule has 0 aromatic carbocycles. The van der Waals surface area contributed by atoms with E-state index in [-0.39, 0.29) is 0 Å². The fourth-order valence-corrected chi connectivity index (χ4v) is 1.81. The molecule has 1 aliphatic heterocycles. The SMILES string of the molecule is C=CCC(CC)N1CCNCC1. The van der Waals surface area contributed by atoms with Crippen LogP contribution in [0.4, 0.5) is 0 Å². The van der Waals surface area contributed by atoms with E-state index in [1.165, 1.54) is 19.5 Å². The van der Waals surface area contributed by atoms with Crippen molar-refractivity contribution >= 4 is 0 Å². The Kier molecular flexibility index (Phi) is 4.33. The van der Waals surface area contributed by atoms with Crippen molar-refractivity contribution in [2.75, 3.05) is 26.2 Å². The van der Waals surface area contributed by atoms with E-state index in [1.807, 2.05) is 6.08 Å². The van der Waals surface area contributed by atoms with Gasteiger partial charge in [-0.1, -0.05) is 13.0 Å². The van der Waals surface area contributed by atoms with Crippen molar-refractivity contribution in [3.63, 3.8) is 0 Å². The lowest BCUT2D eigenvalue weighted by Gasteiger charge is -2.33. The summed E-state index contributed by atoms with van der Waals surface area (Å²) in [6, 6.07) is 0.726. The lowest BCUT2D eigenvalue weighted by Crippen LogP contribution is -2.48. The predicted molar refractivity (Wildman–Crippen MR) is 53.3 cm³/mol. The van der Waals surface area contributed by atoms with Crippen LogP contribution in [0, 0.1) is 0 Å². The highest BCUT2D eigenvalue weighted by Crippen LogP contribution is 2.09. The van der Waals surface area contributed by atoms with Gasteiger partial charge in [0.1, 0.15) is 0 Å². The fraction of sp³-hybridized carbons (Fsp3) is 0.800. The van der Waals surface area contributed by atoms with E-state index < -0.39 is 0 Å². The Balaban J connectivity index is 2.34. The van der Waals surface area contributed by atoms with Gasteiger partial charge in [-0.15, -0.1) is 6.58 Å². The van der Waals surface area contributed by atoms with Gasteiger partial charge < -0.3 is 5.32 Å². The first-order valence-corrected chi connectivity index (χ1v) is 4.94. The molecule has 2 nitrogen and oxygen atoms in total. The highest BCUT2D eigenvalue weighted by molar-refractivity contribution is 4.81. The molecule has 1 fully saturated rings. The molecule has 0 bridgehead atoms. The van der Waals surface area contributed by atoms with Gasteiger partial charge >= 0.3 is 0 Å². The highest BCUT2D eigenvalue weighted by atomic mass is 15.2. The van der Waals surface area contributed by atoms with Crippen LogP contribution in [0.25, 0.3) is 0 Å². The van der Waals surface area contributed by atoms with Crippen LogP contribution in [0.3, 0.4) is 0 Å². The van der Waals surface area contributed by atoms with Gasteiger partial charge in [0.2, 0.25) is 0 Å². The maximum absolute atomic E-state index is 3.80. The Bertz CT molecular complexity index is 128. The van der Waals surface area contributed by atoms with Crippen molar-refractivity contribution in [1.82, 2.24) is 10.2 Å². The number of nitrogens with one attached hydrogen (secondary N) is 1. The number of nitrogens with zero attached hydrogens (tertiary/aromatic N) is 1. The third-order valence-corrected chi connectivity index (χ3v) is 2.58. The predicted octanol–water partition coefficient (Wildman–Crippen LogP) is 1.25. The summed E-state index contributed by atoms with van der Waals surface area (Å²) in [6.45, 7) is 10.8. The molecule has 1 N–H and O–H groups in total. The van der Waals surface area contributed by atoms with Crippen LogP contribution in [-0.4, -0.2) is 37.1 Å². The molecule has 0 spiro atoms. The number of hydrogen-bond donors (Lipinski definition) is 1. The van der Waals surface area contributed by atoms with Gasteiger partial charge in [-0.2, -0.15) is 0 Å². The lowest BCUT2D eigenvalue weighted by molar-refractivity contribution is 0.169. The van der Waals surface area contributed by atoms with Crippen molar-refractivity contribution in [3.8, 4) is 0 Å². The smallest absolute Gasteiger partial charge is 0.0128 e. The van der Waals surface area contributed by atoms with E-state index in [2.05, 4.69) is 23.7 Å². The van der Waals surface area contributed by atoms with Crippen LogP contribution >= 0.6 is 0 Å². The average Bonchev–Trinajstić information content (AvgIpc) is 2.15. The monoisotopic (exact) mass is 168 g/mol. The summed E-state index contributed by atoms with van der Waals surface area (Å²) in [5.41, 5.74) is 0. The first kappa shape index (κ1) is 9.75. The minimum atomic E-state index is 0.726. The van der Waals surface area contributed by atoms with Gasteiger partial charge in [0.15, 0.2) is 0 Å². The summed E-state index contributed by atoms with van der Waals surface area (Å²) in [7, 11) is 0. The van der Waals surface area contributed by atoms with Crippen LogP contribution in [0.15, 0.2) is 12.7 Å². The van der Waals surface area contributed by atoms with Gasteiger partial charge in [0.25, 0.3) is 0 Å². The molecule has 1 unspecified atom stereocenters. The molecular weight excluding hydrogens is 148 g/mol. The number of rotatable bonds is 4. The largest absolute Gasteiger partial charge is 0.314 e. The molecule has 1 heterocycles. The third-order valence-electron chi connectivity index (χ3n) is 2.58. The summed E-state index contributed by atoms with van der Waals surface area (Å²) in [5, 5.41) is 3.37. The summed E-state index contributed by atoms with van der Waals surface area (Å²) in [4.78, 5) is 2.57. The fourth-order valence-electron chi connectivity index (χ4n) is 1.81. The minimum absolute atomic E-state index is 0.726. The zero-order valence-corrected chi connectivity index (χ0v) is 8.05. The zero-order valence-electron chi connectivity index (χ0n) is 8.05. The Morgan fingerprint density at radius 2 is 2.17 bits per heavy atom. The average molecular weight is 168 g/mol. The quantitative estimate of drug-likeness (QED) is 0.635. The molecular formula is C10H20N2. The molecule has 1 saturated heterocycles. The second-order valence-corrected chi connectivity index (χ2v) is 3.37. The molecule has 1 rings (SSSR count). The Labute approximate surface area is 75.6 Å². The maximum atomic E-state index is 3.80. The van der Waals surface area contributed by atoms with E-state index in [4.69, 9.17) is 0 Å². The molecule has 0 aromatic heterocycles. The van der Waals surface area contributed by atoms with E-state index in [1.54, 1.807) is 0 Å². The second kappa shape index (κ2) is 5.33. The topological polar surface area (TPSA) is 15.3 Å². The third kappa shape index (κ3) is 2.61. The summed E-state index contributed by atoms with van der Waals surface area (Å²) in [5.74, 6) is 0. The Morgan fingerprint density at radius 3 is 2.67 bits per heavy atom. The van der Waals surface area contributed by atoms with Gasteiger partial charge in [-0.3, -0.25) is 4.90 Å². The van der Waals surface area contributed by atoms with Gasteiger partial charge in [-0.05, 0) is 12.8 Å². The Morgan fingerprint density at radius 1 is 1.50 bits per heavy atom. The van der Waals surface area contributed by atoms with E-state index >= 15 is 0 Å². The summed E-state index contributed by atoms with van der Waals surface area (Å²) >= 11 is 0. The number of piperazine rings is 1. The van der Waals surface area contributed by atoms with Gasteiger partial charge in [0, 0.05) is 32.2 Å². The molecule has 0 aromatic rings. The first-order valence-electron chi connectivity index (χ1n) is 4.94. The second-order valence-electron chi connectivity index (χ2n) is 3.37. The normalized spacial score (nSPS) is 22.1. The van der Waals surface area contributed by atoms with E-state index in [0.29, 0.717) is 0 Å². The molecule has 12 heavy (non-hydrogen) atoms. The molecule has 2 heteroatoms. The zero-order chi connectivity index (χ0) is 8.81. The summed E-state index contributed by atoms with van der Waals surface area (Å²) in [6.07, 6.45) is 4.42. The van der Waals surface area contributed by atoms with Crippen LogP contribution in [0.1, 0.15) is 19.8 Å². The van der Waals surface area contributed by atoms with Crippen molar-refractivity contribution in [2.45, 2.75) is 25.8 Å². The van der Waals surface area contributed by atoms with Crippen molar-refractivity contribution < 1.29 is 0 Å². The van der Waals surface area contributed by atoms with Crippen LogP contribution < -0.4 is 5.32 Å². The van der Waals surface area contributed by atoms with Crippen molar-refractivity contribution in [1.29, 1.82) is 0 Å². The molecule has 1 atom stereocenters. The standard InChI is InChI=1S/C10H20N2/c1-3-5-10(4-2)12-8-6-11-7-9-12/h3,10-11H,1,4-9H2,2H3.